The molecule has 0 fully saturated rings. The maximum atomic E-state index is 11.5. The lowest BCUT2D eigenvalue weighted by Gasteiger charge is -2.12. The number of carbonyl (C=O) groups is 1. The van der Waals surface area contributed by atoms with E-state index < -0.39 is 5.91 Å². The molecule has 0 spiro atoms. The van der Waals surface area contributed by atoms with E-state index in [0.717, 1.165) is 16.3 Å². The average Bonchev–Trinajstić information content (AvgIpc) is 2.53. The first-order valence-corrected chi connectivity index (χ1v) is 7.22. The molecule has 0 radical (unpaired) electrons. The summed E-state index contributed by atoms with van der Waals surface area (Å²) in [5, 5.41) is 2.49. The van der Waals surface area contributed by atoms with Gasteiger partial charge in [-0.15, -0.1) is 0 Å². The molecule has 0 saturated heterocycles. The Morgan fingerprint density at radius 2 is 1.77 bits per heavy atom. The Balaban J connectivity index is 1.98. The van der Waals surface area contributed by atoms with Gasteiger partial charge in [0.1, 0.15) is 12.4 Å². The Morgan fingerprint density at radius 1 is 1.05 bits per heavy atom. The number of benzene rings is 3. The monoisotopic (exact) mass is 311 g/mol. The number of hydrogen-bond acceptors (Lipinski definition) is 2. The molecular formula is C18H14ClNO2. The minimum atomic E-state index is -0.478. The molecule has 22 heavy (non-hydrogen) atoms. The molecule has 1 amide bonds. The summed E-state index contributed by atoms with van der Waals surface area (Å²) in [5.41, 5.74) is 6.70. The number of rotatable bonds is 4. The van der Waals surface area contributed by atoms with Gasteiger partial charge in [0.25, 0.3) is 0 Å². The zero-order chi connectivity index (χ0) is 15.5. The second-order valence-corrected chi connectivity index (χ2v) is 5.35. The smallest absolute Gasteiger partial charge is 0.248 e. The van der Waals surface area contributed by atoms with Gasteiger partial charge in [0, 0.05) is 21.5 Å². The summed E-state index contributed by atoms with van der Waals surface area (Å²) in [4.78, 5) is 11.5. The molecule has 0 aliphatic carbocycles. The van der Waals surface area contributed by atoms with Crippen LogP contribution in [0.15, 0.2) is 60.7 Å². The Kier molecular flexibility index (Phi) is 3.98. The van der Waals surface area contributed by atoms with Crippen LogP contribution in [0, 0.1) is 0 Å². The molecule has 110 valence electrons. The van der Waals surface area contributed by atoms with Gasteiger partial charge in [-0.1, -0.05) is 54.1 Å². The van der Waals surface area contributed by atoms with Crippen molar-refractivity contribution in [3.63, 3.8) is 0 Å². The van der Waals surface area contributed by atoms with E-state index in [2.05, 4.69) is 0 Å². The highest BCUT2D eigenvalue weighted by atomic mass is 35.5. The Hall–Kier alpha value is -2.52. The van der Waals surface area contributed by atoms with Crippen LogP contribution in [0.4, 0.5) is 0 Å². The van der Waals surface area contributed by atoms with Crippen LogP contribution < -0.4 is 10.5 Å². The number of amides is 1. The number of carbonyl (C=O) groups excluding carboxylic acids is 1. The van der Waals surface area contributed by atoms with E-state index in [9.17, 15) is 4.79 Å². The third-order valence-electron chi connectivity index (χ3n) is 3.45. The first-order valence-electron chi connectivity index (χ1n) is 6.84. The standard InChI is InChI=1S/C18H14ClNO2/c19-16-8-4-2-6-13(16)11-22-17-10-14(18(20)21)9-12-5-1-3-7-15(12)17/h1-10H,11H2,(H2,20,21). The number of hydrogen-bond donors (Lipinski definition) is 1. The summed E-state index contributed by atoms with van der Waals surface area (Å²) >= 11 is 6.14. The van der Waals surface area contributed by atoms with Crippen molar-refractivity contribution in [2.24, 2.45) is 5.73 Å². The predicted molar refractivity (Wildman–Crippen MR) is 88.2 cm³/mol. The SMILES string of the molecule is NC(=O)c1cc(OCc2ccccc2Cl)c2ccccc2c1. The first kappa shape index (κ1) is 14.4. The highest BCUT2D eigenvalue weighted by Crippen LogP contribution is 2.29. The molecule has 3 rings (SSSR count). The van der Waals surface area contributed by atoms with Crippen molar-refractivity contribution in [3.05, 3.63) is 76.8 Å². The first-order chi connectivity index (χ1) is 10.6. The van der Waals surface area contributed by atoms with Crippen LogP contribution >= 0.6 is 11.6 Å². The van der Waals surface area contributed by atoms with Gasteiger partial charge in [-0.2, -0.15) is 0 Å². The lowest BCUT2D eigenvalue weighted by molar-refractivity contribution is 0.1000. The maximum Gasteiger partial charge on any atom is 0.248 e. The number of fused-ring (bicyclic) bond motifs is 1. The van der Waals surface area contributed by atoms with Crippen molar-refractivity contribution in [1.29, 1.82) is 0 Å². The van der Waals surface area contributed by atoms with Gasteiger partial charge >= 0.3 is 0 Å². The maximum absolute atomic E-state index is 11.5. The van der Waals surface area contributed by atoms with Crippen LogP contribution in [0.5, 0.6) is 5.75 Å². The number of primary amides is 1. The average molecular weight is 312 g/mol. The molecule has 2 N–H and O–H groups in total. The van der Waals surface area contributed by atoms with Crippen LogP contribution in [0.3, 0.4) is 0 Å². The van der Waals surface area contributed by atoms with E-state index >= 15 is 0 Å². The van der Waals surface area contributed by atoms with Gasteiger partial charge in [0.2, 0.25) is 5.91 Å². The van der Waals surface area contributed by atoms with Crippen LogP contribution in [-0.4, -0.2) is 5.91 Å². The molecule has 0 aromatic heterocycles. The molecule has 4 heteroatoms. The zero-order valence-corrected chi connectivity index (χ0v) is 12.5. The Bertz CT molecular complexity index is 845. The summed E-state index contributed by atoms with van der Waals surface area (Å²) in [6.45, 7) is 0.325. The molecule has 3 aromatic carbocycles. The second-order valence-electron chi connectivity index (χ2n) is 4.94. The molecule has 0 bridgehead atoms. The normalized spacial score (nSPS) is 10.6. The molecule has 3 aromatic rings. The Morgan fingerprint density at radius 3 is 2.55 bits per heavy atom. The van der Waals surface area contributed by atoms with E-state index in [0.29, 0.717) is 22.9 Å². The topological polar surface area (TPSA) is 52.3 Å². The van der Waals surface area contributed by atoms with Crippen molar-refractivity contribution in [2.45, 2.75) is 6.61 Å². The van der Waals surface area contributed by atoms with Crippen molar-refractivity contribution in [2.75, 3.05) is 0 Å². The van der Waals surface area contributed by atoms with Crippen LogP contribution in [0.25, 0.3) is 10.8 Å². The van der Waals surface area contributed by atoms with Gasteiger partial charge in [-0.25, -0.2) is 0 Å². The molecule has 0 unspecified atom stereocenters. The van der Waals surface area contributed by atoms with E-state index in [-0.39, 0.29) is 0 Å². The van der Waals surface area contributed by atoms with E-state index in [1.807, 2.05) is 48.5 Å². The zero-order valence-electron chi connectivity index (χ0n) is 11.8. The second kappa shape index (κ2) is 6.08. The lowest BCUT2D eigenvalue weighted by atomic mass is 10.1. The fourth-order valence-corrected chi connectivity index (χ4v) is 2.50. The molecule has 0 saturated carbocycles. The highest BCUT2D eigenvalue weighted by molar-refractivity contribution is 6.31. The molecule has 0 aliphatic heterocycles. The summed E-state index contributed by atoms with van der Waals surface area (Å²) in [6.07, 6.45) is 0. The van der Waals surface area contributed by atoms with Gasteiger partial charge in [-0.3, -0.25) is 4.79 Å². The minimum Gasteiger partial charge on any atom is -0.488 e. The molecule has 3 nitrogen and oxygen atoms in total. The number of ether oxygens (including phenoxy) is 1. The predicted octanol–water partition coefficient (Wildman–Crippen LogP) is 4.17. The molecule has 0 atom stereocenters. The van der Waals surface area contributed by atoms with E-state index in [1.165, 1.54) is 0 Å². The fraction of sp³-hybridized carbons (Fsp3) is 0.0556. The van der Waals surface area contributed by atoms with Crippen molar-refractivity contribution in [1.82, 2.24) is 0 Å². The van der Waals surface area contributed by atoms with Crippen molar-refractivity contribution < 1.29 is 9.53 Å². The van der Waals surface area contributed by atoms with Gasteiger partial charge in [0.15, 0.2) is 0 Å². The van der Waals surface area contributed by atoms with Crippen LogP contribution in [0.1, 0.15) is 15.9 Å². The molecule has 0 heterocycles. The van der Waals surface area contributed by atoms with E-state index in [1.54, 1.807) is 12.1 Å². The van der Waals surface area contributed by atoms with Gasteiger partial charge in [0.05, 0.1) is 0 Å². The third-order valence-corrected chi connectivity index (χ3v) is 3.82. The third kappa shape index (κ3) is 2.90. The number of nitrogens with two attached hydrogens (primary N) is 1. The van der Waals surface area contributed by atoms with Crippen molar-refractivity contribution >= 4 is 28.3 Å². The van der Waals surface area contributed by atoms with Gasteiger partial charge < -0.3 is 10.5 Å². The molecule has 0 aliphatic rings. The minimum absolute atomic E-state index is 0.325. The Labute approximate surface area is 133 Å². The van der Waals surface area contributed by atoms with E-state index in [4.69, 9.17) is 22.1 Å². The summed E-state index contributed by atoms with van der Waals surface area (Å²) in [6, 6.07) is 18.6. The quantitative estimate of drug-likeness (QED) is 0.786. The van der Waals surface area contributed by atoms with Crippen LogP contribution in [0.2, 0.25) is 5.02 Å². The molecular weight excluding hydrogens is 298 g/mol. The summed E-state index contributed by atoms with van der Waals surface area (Å²) in [7, 11) is 0. The number of halogens is 1. The summed E-state index contributed by atoms with van der Waals surface area (Å²) < 4.78 is 5.88. The lowest BCUT2D eigenvalue weighted by Crippen LogP contribution is -2.11. The van der Waals surface area contributed by atoms with Gasteiger partial charge in [-0.05, 0) is 23.6 Å². The summed E-state index contributed by atoms with van der Waals surface area (Å²) in [5.74, 6) is 0.139. The largest absolute Gasteiger partial charge is 0.488 e. The highest BCUT2D eigenvalue weighted by Gasteiger charge is 2.09. The van der Waals surface area contributed by atoms with Crippen molar-refractivity contribution in [3.8, 4) is 5.75 Å². The fourth-order valence-electron chi connectivity index (χ4n) is 2.31. The van der Waals surface area contributed by atoms with Crippen LogP contribution in [-0.2, 0) is 6.61 Å².